The van der Waals surface area contributed by atoms with Gasteiger partial charge in [0, 0.05) is 0 Å². The number of aliphatic hydroxyl groups excluding tert-OH is 4. The molecule has 1 amide bonds. The van der Waals surface area contributed by atoms with Gasteiger partial charge in [0.2, 0.25) is 5.91 Å². The minimum Gasteiger partial charge on any atom is -0.394 e. The Hall–Kier alpha value is -0.950. The topological polar surface area (TPSA) is 110 Å². The van der Waals surface area contributed by atoms with E-state index >= 15 is 0 Å². The number of allylic oxidation sites excluding steroid dienone is 2. The average Bonchev–Trinajstić information content (AvgIpc) is 3.01. The first-order valence-electron chi connectivity index (χ1n) is 18.6. The van der Waals surface area contributed by atoms with Crippen molar-refractivity contribution in [2.24, 2.45) is 0 Å². The summed E-state index contributed by atoms with van der Waals surface area (Å²) in [6, 6.07) is -0.994. The first-order chi connectivity index (χ1) is 21.0. The quantitative estimate of drug-likeness (QED) is 0.0377. The van der Waals surface area contributed by atoms with Crippen LogP contribution < -0.4 is 5.32 Å². The van der Waals surface area contributed by atoms with Gasteiger partial charge in [0.1, 0.15) is 12.2 Å². The van der Waals surface area contributed by atoms with E-state index in [0.29, 0.717) is 12.8 Å². The second-order valence-electron chi connectivity index (χ2n) is 12.9. The maximum atomic E-state index is 12.4. The third kappa shape index (κ3) is 27.1. The standard InChI is InChI=1S/C37H73NO5/c1-3-5-7-9-11-13-14-15-16-17-18-19-20-21-22-23-25-27-29-31-35(41)37(43)38-33(32-39)36(42)34(40)30-28-26-24-12-10-8-6-4-2/h12,24,33-36,39-42H,3-11,13-23,25-32H2,1-2H3,(H,38,43)/b24-12+/t33-,34+,35+,36-/m0/s1. The van der Waals surface area contributed by atoms with Crippen LogP contribution in [0.15, 0.2) is 12.2 Å². The van der Waals surface area contributed by atoms with Gasteiger partial charge in [-0.25, -0.2) is 0 Å². The number of aliphatic hydroxyl groups is 4. The summed E-state index contributed by atoms with van der Waals surface area (Å²) in [5.74, 6) is -0.595. The van der Waals surface area contributed by atoms with Gasteiger partial charge in [0.05, 0.1) is 18.8 Å². The fraction of sp³-hybridized carbons (Fsp3) is 0.919. The molecular formula is C37H73NO5. The molecule has 6 nitrogen and oxygen atoms in total. The van der Waals surface area contributed by atoms with E-state index in [2.05, 4.69) is 31.3 Å². The molecule has 0 aliphatic rings. The molecule has 0 bridgehead atoms. The number of carbonyl (C=O) groups excluding carboxylic acids is 1. The van der Waals surface area contributed by atoms with Gasteiger partial charge >= 0.3 is 0 Å². The van der Waals surface area contributed by atoms with Gasteiger partial charge in [-0.15, -0.1) is 0 Å². The third-order valence-corrected chi connectivity index (χ3v) is 8.73. The predicted molar refractivity (Wildman–Crippen MR) is 182 cm³/mol. The Morgan fingerprint density at radius 3 is 1.40 bits per heavy atom. The molecule has 0 radical (unpaired) electrons. The van der Waals surface area contributed by atoms with Crippen molar-refractivity contribution in [3.05, 3.63) is 12.2 Å². The maximum absolute atomic E-state index is 12.4. The summed E-state index contributed by atoms with van der Waals surface area (Å²) < 4.78 is 0. The molecule has 256 valence electrons. The van der Waals surface area contributed by atoms with Gasteiger partial charge in [-0.05, 0) is 38.5 Å². The molecule has 0 unspecified atom stereocenters. The van der Waals surface area contributed by atoms with Gasteiger partial charge in [-0.2, -0.15) is 0 Å². The van der Waals surface area contributed by atoms with Crippen LogP contribution in [0, 0.1) is 0 Å². The fourth-order valence-corrected chi connectivity index (χ4v) is 5.70. The Balaban J connectivity index is 3.73. The normalized spacial score (nSPS) is 14.7. The lowest BCUT2D eigenvalue weighted by molar-refractivity contribution is -0.132. The molecule has 0 fully saturated rings. The molecule has 0 aromatic rings. The molecule has 4 atom stereocenters. The molecule has 43 heavy (non-hydrogen) atoms. The highest BCUT2D eigenvalue weighted by atomic mass is 16.3. The zero-order valence-corrected chi connectivity index (χ0v) is 28.5. The van der Waals surface area contributed by atoms with Crippen molar-refractivity contribution in [3.63, 3.8) is 0 Å². The minimum atomic E-state index is -1.27. The lowest BCUT2D eigenvalue weighted by Crippen LogP contribution is -2.53. The van der Waals surface area contributed by atoms with E-state index in [4.69, 9.17) is 0 Å². The van der Waals surface area contributed by atoms with Crippen LogP contribution in [-0.4, -0.2) is 57.3 Å². The highest BCUT2D eigenvalue weighted by molar-refractivity contribution is 5.80. The molecule has 0 aromatic heterocycles. The number of hydrogen-bond acceptors (Lipinski definition) is 5. The van der Waals surface area contributed by atoms with Crippen molar-refractivity contribution in [1.82, 2.24) is 5.32 Å². The van der Waals surface area contributed by atoms with Crippen molar-refractivity contribution in [1.29, 1.82) is 0 Å². The number of amides is 1. The summed E-state index contributed by atoms with van der Waals surface area (Å²) in [5.41, 5.74) is 0. The van der Waals surface area contributed by atoms with Gasteiger partial charge in [0.25, 0.3) is 0 Å². The molecule has 5 N–H and O–H groups in total. The largest absolute Gasteiger partial charge is 0.394 e. The Bertz CT molecular complexity index is 614. The van der Waals surface area contributed by atoms with Crippen LogP contribution in [0.4, 0.5) is 0 Å². The molecular weight excluding hydrogens is 538 g/mol. The fourth-order valence-electron chi connectivity index (χ4n) is 5.70. The minimum absolute atomic E-state index is 0.367. The Labute approximate surface area is 266 Å². The molecule has 0 rings (SSSR count). The van der Waals surface area contributed by atoms with Crippen molar-refractivity contribution in [2.75, 3.05) is 6.61 Å². The zero-order chi connectivity index (χ0) is 31.8. The summed E-state index contributed by atoms with van der Waals surface area (Å²) in [7, 11) is 0. The Morgan fingerprint density at radius 1 is 0.558 bits per heavy atom. The predicted octanol–water partition coefficient (Wildman–Crippen LogP) is 8.67. The van der Waals surface area contributed by atoms with Crippen LogP contribution >= 0.6 is 0 Å². The molecule has 0 spiro atoms. The maximum Gasteiger partial charge on any atom is 0.249 e. The highest BCUT2D eigenvalue weighted by Gasteiger charge is 2.28. The van der Waals surface area contributed by atoms with Gasteiger partial charge < -0.3 is 25.7 Å². The van der Waals surface area contributed by atoms with E-state index < -0.39 is 36.9 Å². The van der Waals surface area contributed by atoms with Crippen molar-refractivity contribution < 1.29 is 25.2 Å². The molecule has 0 aliphatic carbocycles. The molecule has 6 heteroatoms. The number of unbranched alkanes of at least 4 members (excludes halogenated alkanes) is 22. The van der Waals surface area contributed by atoms with E-state index in [1.807, 2.05) is 0 Å². The number of rotatable bonds is 33. The van der Waals surface area contributed by atoms with Crippen LogP contribution in [0.3, 0.4) is 0 Å². The van der Waals surface area contributed by atoms with Crippen LogP contribution in [0.1, 0.15) is 187 Å². The van der Waals surface area contributed by atoms with Crippen LogP contribution in [0.25, 0.3) is 0 Å². The zero-order valence-electron chi connectivity index (χ0n) is 28.5. The summed E-state index contributed by atoms with van der Waals surface area (Å²) >= 11 is 0. The number of carbonyl (C=O) groups is 1. The first-order valence-corrected chi connectivity index (χ1v) is 18.6. The molecule has 0 aromatic carbocycles. The average molecular weight is 612 g/mol. The van der Waals surface area contributed by atoms with Crippen LogP contribution in [-0.2, 0) is 4.79 Å². The van der Waals surface area contributed by atoms with Gasteiger partial charge in [0.15, 0.2) is 0 Å². The van der Waals surface area contributed by atoms with Crippen molar-refractivity contribution in [3.8, 4) is 0 Å². The summed E-state index contributed by atoms with van der Waals surface area (Å²) in [5, 5.41) is 43.2. The first kappa shape index (κ1) is 42.0. The highest BCUT2D eigenvalue weighted by Crippen LogP contribution is 2.16. The second kappa shape index (κ2) is 32.4. The third-order valence-electron chi connectivity index (χ3n) is 8.73. The Morgan fingerprint density at radius 2 is 0.953 bits per heavy atom. The molecule has 0 aliphatic heterocycles. The van der Waals surface area contributed by atoms with Crippen LogP contribution in [0.2, 0.25) is 0 Å². The summed E-state index contributed by atoms with van der Waals surface area (Å²) in [6.45, 7) is 3.97. The van der Waals surface area contributed by atoms with E-state index in [0.717, 1.165) is 38.5 Å². The lowest BCUT2D eigenvalue weighted by atomic mass is 10.00. The van der Waals surface area contributed by atoms with E-state index in [9.17, 15) is 25.2 Å². The summed E-state index contributed by atoms with van der Waals surface area (Å²) in [4.78, 5) is 12.4. The smallest absolute Gasteiger partial charge is 0.249 e. The molecule has 0 saturated carbocycles. The van der Waals surface area contributed by atoms with E-state index in [-0.39, 0.29) is 0 Å². The molecule has 0 heterocycles. The number of nitrogens with one attached hydrogen (secondary N) is 1. The SMILES string of the molecule is CCCCC/C=C/CCC[C@@H](O)[C@@H](O)[C@H](CO)NC(=O)[C@H](O)CCCCCCCCCCCCCCCCCCCCC. The Kier molecular flexibility index (Phi) is 31.7. The van der Waals surface area contributed by atoms with Gasteiger partial charge in [-0.3, -0.25) is 4.79 Å². The van der Waals surface area contributed by atoms with E-state index in [1.165, 1.54) is 122 Å². The van der Waals surface area contributed by atoms with Crippen LogP contribution in [0.5, 0.6) is 0 Å². The number of hydrogen-bond donors (Lipinski definition) is 5. The van der Waals surface area contributed by atoms with E-state index in [1.54, 1.807) is 0 Å². The van der Waals surface area contributed by atoms with Gasteiger partial charge in [-0.1, -0.05) is 161 Å². The second-order valence-corrected chi connectivity index (χ2v) is 12.9. The van der Waals surface area contributed by atoms with Crippen molar-refractivity contribution >= 4 is 5.91 Å². The lowest BCUT2D eigenvalue weighted by Gasteiger charge is -2.27. The monoisotopic (exact) mass is 612 g/mol. The summed E-state index contributed by atoms with van der Waals surface area (Å²) in [6.07, 6.45) is 32.5. The van der Waals surface area contributed by atoms with Crippen molar-refractivity contribution in [2.45, 2.75) is 212 Å². The molecule has 0 saturated heterocycles.